The molecule has 0 unspecified atom stereocenters. The Hall–Kier alpha value is -3.50. The fourth-order valence-corrected chi connectivity index (χ4v) is 3.94. The predicted molar refractivity (Wildman–Crippen MR) is 115 cm³/mol. The summed E-state index contributed by atoms with van der Waals surface area (Å²) in [6.07, 6.45) is 1.12. The highest BCUT2D eigenvalue weighted by Crippen LogP contribution is 2.37. The Labute approximate surface area is 176 Å². The van der Waals surface area contributed by atoms with Crippen molar-refractivity contribution in [3.05, 3.63) is 69.8 Å². The molecular formula is C22H21N5O4. The van der Waals surface area contributed by atoms with Gasteiger partial charge in [0.1, 0.15) is 11.2 Å². The first-order valence-electron chi connectivity index (χ1n) is 9.86. The predicted octanol–water partition coefficient (Wildman–Crippen LogP) is 1.88. The van der Waals surface area contributed by atoms with E-state index in [1.165, 1.54) is 0 Å². The van der Waals surface area contributed by atoms with Crippen LogP contribution < -0.4 is 32.9 Å². The summed E-state index contributed by atoms with van der Waals surface area (Å²) in [5.41, 5.74) is 15.2. The number of hydrogen-bond acceptors (Lipinski definition) is 8. The Morgan fingerprint density at radius 2 is 1.77 bits per heavy atom. The number of furan rings is 1. The van der Waals surface area contributed by atoms with E-state index >= 15 is 0 Å². The molecule has 2 aromatic heterocycles. The molecule has 3 heterocycles. The normalized spacial score (nSPS) is 14.5. The van der Waals surface area contributed by atoms with Crippen LogP contribution in [0.15, 0.2) is 56.3 Å². The van der Waals surface area contributed by atoms with Gasteiger partial charge < -0.3 is 14.2 Å². The Morgan fingerprint density at radius 3 is 2.52 bits per heavy atom. The molecule has 31 heavy (non-hydrogen) atoms. The standard InChI is InChI=1S/C22H21N5O4/c1-11-14-8-16-17(13-6-4-3-5-7-13)10-30-19(16)12(2)20(14)31-21(29)15(11)9-18(28)23-22-24-26-27-25-22/h3-8,10,22,24-27H,9H2,1-2H3,(H,23,28). The van der Waals surface area contributed by atoms with Gasteiger partial charge in [-0.15, -0.1) is 0 Å². The number of nitrogens with one attached hydrogen (secondary N) is 5. The fourth-order valence-electron chi connectivity index (χ4n) is 3.94. The summed E-state index contributed by atoms with van der Waals surface area (Å²) in [7, 11) is 0. The van der Waals surface area contributed by atoms with E-state index in [0.717, 1.165) is 33.0 Å². The molecule has 1 aliphatic heterocycles. The minimum atomic E-state index is -0.527. The molecule has 0 aliphatic carbocycles. The molecule has 2 aromatic carbocycles. The van der Waals surface area contributed by atoms with Crippen LogP contribution in [0.3, 0.4) is 0 Å². The number of aryl methyl sites for hydroxylation is 2. The third kappa shape index (κ3) is 3.39. The molecule has 5 N–H and O–H groups in total. The Bertz CT molecular complexity index is 1350. The lowest BCUT2D eigenvalue weighted by Crippen LogP contribution is -2.50. The van der Waals surface area contributed by atoms with Gasteiger partial charge in [-0.25, -0.2) is 15.6 Å². The van der Waals surface area contributed by atoms with E-state index in [1.54, 1.807) is 6.26 Å². The molecule has 0 spiro atoms. The van der Waals surface area contributed by atoms with Crippen LogP contribution in [-0.2, 0) is 11.2 Å². The second-order valence-corrected chi connectivity index (χ2v) is 7.48. The average Bonchev–Trinajstić information content (AvgIpc) is 3.43. The molecule has 1 fully saturated rings. The lowest BCUT2D eigenvalue weighted by Gasteiger charge is -2.13. The monoisotopic (exact) mass is 419 g/mol. The lowest BCUT2D eigenvalue weighted by molar-refractivity contribution is -0.121. The van der Waals surface area contributed by atoms with Crippen molar-refractivity contribution in [3.8, 4) is 11.1 Å². The van der Waals surface area contributed by atoms with Crippen molar-refractivity contribution in [2.75, 3.05) is 0 Å². The third-order valence-corrected chi connectivity index (χ3v) is 5.56. The quantitative estimate of drug-likeness (QED) is 0.318. The van der Waals surface area contributed by atoms with Crippen molar-refractivity contribution < 1.29 is 13.6 Å². The molecule has 0 bridgehead atoms. The molecule has 1 saturated heterocycles. The maximum Gasteiger partial charge on any atom is 0.340 e. The largest absolute Gasteiger partial charge is 0.463 e. The van der Waals surface area contributed by atoms with Crippen LogP contribution in [0.4, 0.5) is 0 Å². The first-order chi connectivity index (χ1) is 15.0. The summed E-state index contributed by atoms with van der Waals surface area (Å²) in [6, 6.07) is 11.9. The zero-order valence-corrected chi connectivity index (χ0v) is 17.0. The zero-order valence-electron chi connectivity index (χ0n) is 17.0. The van der Waals surface area contributed by atoms with Crippen LogP contribution in [0.1, 0.15) is 16.7 Å². The molecule has 158 valence electrons. The highest BCUT2D eigenvalue weighted by Gasteiger charge is 2.21. The van der Waals surface area contributed by atoms with E-state index in [-0.39, 0.29) is 12.3 Å². The van der Waals surface area contributed by atoms with Gasteiger partial charge in [0, 0.05) is 21.9 Å². The van der Waals surface area contributed by atoms with Gasteiger partial charge in [0.2, 0.25) is 5.91 Å². The van der Waals surface area contributed by atoms with Crippen molar-refractivity contribution in [1.29, 1.82) is 0 Å². The van der Waals surface area contributed by atoms with Crippen LogP contribution >= 0.6 is 0 Å². The third-order valence-electron chi connectivity index (χ3n) is 5.56. The highest BCUT2D eigenvalue weighted by molar-refractivity contribution is 6.05. The van der Waals surface area contributed by atoms with E-state index in [0.29, 0.717) is 16.7 Å². The van der Waals surface area contributed by atoms with Gasteiger partial charge in [-0.2, -0.15) is 11.1 Å². The maximum atomic E-state index is 12.7. The molecule has 0 radical (unpaired) electrons. The van der Waals surface area contributed by atoms with Crippen LogP contribution in [0, 0.1) is 13.8 Å². The summed E-state index contributed by atoms with van der Waals surface area (Å²) < 4.78 is 11.5. The number of carbonyl (C=O) groups excluding carboxylic acids is 1. The van der Waals surface area contributed by atoms with Gasteiger partial charge in [0.15, 0.2) is 6.29 Å². The first kappa shape index (κ1) is 19.5. The van der Waals surface area contributed by atoms with Crippen molar-refractivity contribution >= 4 is 27.8 Å². The molecule has 1 amide bonds. The van der Waals surface area contributed by atoms with E-state index in [9.17, 15) is 9.59 Å². The summed E-state index contributed by atoms with van der Waals surface area (Å²) in [5, 5.41) is 4.43. The van der Waals surface area contributed by atoms with E-state index in [1.807, 2.05) is 50.2 Å². The Morgan fingerprint density at radius 1 is 1.03 bits per heavy atom. The van der Waals surface area contributed by atoms with Gasteiger partial charge in [-0.05, 0) is 31.0 Å². The van der Waals surface area contributed by atoms with Gasteiger partial charge in [-0.1, -0.05) is 30.3 Å². The lowest BCUT2D eigenvalue weighted by atomic mass is 9.97. The second kappa shape index (κ2) is 7.64. The van der Waals surface area contributed by atoms with Gasteiger partial charge in [0.05, 0.1) is 18.2 Å². The summed E-state index contributed by atoms with van der Waals surface area (Å²) >= 11 is 0. The minimum Gasteiger partial charge on any atom is -0.463 e. The number of amides is 1. The summed E-state index contributed by atoms with van der Waals surface area (Å²) in [4.78, 5) is 25.2. The molecule has 0 saturated carbocycles. The molecule has 9 nitrogen and oxygen atoms in total. The zero-order chi connectivity index (χ0) is 21.5. The van der Waals surface area contributed by atoms with Crippen LogP contribution in [0.2, 0.25) is 0 Å². The van der Waals surface area contributed by atoms with Crippen LogP contribution in [0.25, 0.3) is 33.1 Å². The number of rotatable bonds is 4. The van der Waals surface area contributed by atoms with Crippen molar-refractivity contribution in [1.82, 2.24) is 27.2 Å². The summed E-state index contributed by atoms with van der Waals surface area (Å²) in [5.74, 6) is -0.323. The number of benzene rings is 2. The topological polar surface area (TPSA) is 121 Å². The Balaban J connectivity index is 1.61. The molecule has 0 atom stereocenters. The molecule has 1 aliphatic rings. The summed E-state index contributed by atoms with van der Waals surface area (Å²) in [6.45, 7) is 3.71. The van der Waals surface area contributed by atoms with Gasteiger partial charge >= 0.3 is 5.63 Å². The van der Waals surface area contributed by atoms with E-state index < -0.39 is 11.9 Å². The highest BCUT2D eigenvalue weighted by atomic mass is 16.4. The number of fused-ring (bicyclic) bond motifs is 2. The van der Waals surface area contributed by atoms with Crippen molar-refractivity contribution in [2.45, 2.75) is 26.6 Å². The number of hydrazine groups is 3. The second-order valence-electron chi connectivity index (χ2n) is 7.48. The molecule has 4 aromatic rings. The van der Waals surface area contributed by atoms with E-state index in [2.05, 4.69) is 27.2 Å². The first-order valence-corrected chi connectivity index (χ1v) is 9.86. The smallest absolute Gasteiger partial charge is 0.340 e. The SMILES string of the molecule is Cc1c(CC(=O)NC2NNNN2)c(=O)oc2c(C)c3occ(-c4ccccc4)c3cc12. The van der Waals surface area contributed by atoms with Gasteiger partial charge in [-0.3, -0.25) is 4.79 Å². The van der Waals surface area contributed by atoms with Crippen molar-refractivity contribution in [2.24, 2.45) is 0 Å². The molecule has 5 rings (SSSR count). The molecular weight excluding hydrogens is 398 g/mol. The average molecular weight is 419 g/mol. The Kier molecular flexibility index (Phi) is 4.79. The van der Waals surface area contributed by atoms with E-state index in [4.69, 9.17) is 8.83 Å². The number of hydrogen-bond donors (Lipinski definition) is 5. The van der Waals surface area contributed by atoms with Crippen LogP contribution in [0.5, 0.6) is 0 Å². The van der Waals surface area contributed by atoms with Gasteiger partial charge in [0.25, 0.3) is 0 Å². The fraction of sp³-hybridized carbons (Fsp3) is 0.182. The van der Waals surface area contributed by atoms with Crippen molar-refractivity contribution in [3.63, 3.8) is 0 Å². The minimum absolute atomic E-state index is 0.0992. The van der Waals surface area contributed by atoms with Crippen LogP contribution in [-0.4, -0.2) is 12.2 Å². The number of carbonyl (C=O) groups is 1. The molecule has 9 heteroatoms. The maximum absolute atomic E-state index is 12.7.